The molecule has 0 saturated carbocycles. The SMILES string of the molecule is CC(C)(C)c1cc(-c2ccc3c(c2)c2ccccc2n3-c2ccccc2)c2c(c1)c1cc3ccccc3c3c4cc5c(cc4n2c13)c1cc(C(C)(C)C)cc2c3ccc4ccccc4c3n5c12. The minimum atomic E-state index is -0.0722. The molecule has 0 amide bonds. The monoisotopic (exact) mass is 857 g/mol. The average Bonchev–Trinajstić information content (AvgIpc) is 4.12. The molecule has 0 atom stereocenters. The van der Waals surface area contributed by atoms with E-state index in [1.54, 1.807) is 0 Å². The fourth-order valence-electron chi connectivity index (χ4n) is 12.3. The highest BCUT2D eigenvalue weighted by molar-refractivity contribution is 6.35. The Morgan fingerprint density at radius 3 is 1.64 bits per heavy atom. The normalized spacial score (nSPS) is 13.2. The quantitative estimate of drug-likeness (QED) is 0.164. The molecule has 0 unspecified atom stereocenters. The van der Waals surface area contributed by atoms with Crippen LogP contribution in [0.2, 0.25) is 0 Å². The van der Waals surface area contributed by atoms with Gasteiger partial charge in [0.1, 0.15) is 0 Å². The van der Waals surface area contributed by atoms with Crippen molar-refractivity contribution in [2.24, 2.45) is 0 Å². The molecule has 0 aliphatic heterocycles. The van der Waals surface area contributed by atoms with Gasteiger partial charge in [0.05, 0.1) is 44.1 Å². The maximum atomic E-state index is 2.66. The highest BCUT2D eigenvalue weighted by atomic mass is 15.0. The summed E-state index contributed by atoms with van der Waals surface area (Å²) in [4.78, 5) is 0. The van der Waals surface area contributed by atoms with Crippen molar-refractivity contribution in [1.29, 1.82) is 0 Å². The van der Waals surface area contributed by atoms with Crippen molar-refractivity contribution in [1.82, 2.24) is 13.4 Å². The van der Waals surface area contributed by atoms with Gasteiger partial charge in [-0.05, 0) is 116 Å². The van der Waals surface area contributed by atoms with E-state index in [1.807, 2.05) is 0 Å². The summed E-state index contributed by atoms with van der Waals surface area (Å²) in [5.41, 5.74) is 16.4. The van der Waals surface area contributed by atoms with E-state index in [-0.39, 0.29) is 10.8 Å². The van der Waals surface area contributed by atoms with E-state index in [1.165, 1.54) is 147 Å². The summed E-state index contributed by atoms with van der Waals surface area (Å²) in [5, 5.41) is 18.2. The lowest BCUT2D eigenvalue weighted by Crippen LogP contribution is -2.11. The molecule has 3 heteroatoms. The Hall–Kier alpha value is -7.88. The van der Waals surface area contributed by atoms with Crippen LogP contribution in [0.25, 0.3) is 136 Å². The van der Waals surface area contributed by atoms with Crippen molar-refractivity contribution >= 4 is 120 Å². The predicted octanol–water partition coefficient (Wildman–Crippen LogP) is 17.7. The number of rotatable bonds is 2. The Kier molecular flexibility index (Phi) is 6.97. The van der Waals surface area contributed by atoms with Gasteiger partial charge in [-0.15, -0.1) is 0 Å². The largest absolute Gasteiger partial charge is 0.309 e. The van der Waals surface area contributed by atoms with Crippen LogP contribution in [0.3, 0.4) is 0 Å². The zero-order valence-corrected chi connectivity index (χ0v) is 38.6. The van der Waals surface area contributed by atoms with Crippen LogP contribution in [0.15, 0.2) is 176 Å². The lowest BCUT2D eigenvalue weighted by molar-refractivity contribution is 0.591. The van der Waals surface area contributed by atoms with Crippen LogP contribution in [-0.4, -0.2) is 13.4 Å². The zero-order chi connectivity index (χ0) is 44.8. The summed E-state index contributed by atoms with van der Waals surface area (Å²) in [5.74, 6) is 0. The fraction of sp³-hybridized carbons (Fsp3) is 0.125. The zero-order valence-electron chi connectivity index (χ0n) is 38.6. The topological polar surface area (TPSA) is 13.8 Å². The molecular formula is C64H47N3. The van der Waals surface area contributed by atoms with Gasteiger partial charge in [0, 0.05) is 70.5 Å². The third kappa shape index (κ3) is 4.81. The van der Waals surface area contributed by atoms with E-state index in [4.69, 9.17) is 0 Å². The molecule has 5 aromatic heterocycles. The maximum Gasteiger partial charge on any atom is 0.0627 e. The van der Waals surface area contributed by atoms with Gasteiger partial charge in [-0.25, -0.2) is 0 Å². The molecule has 0 bridgehead atoms. The smallest absolute Gasteiger partial charge is 0.0627 e. The van der Waals surface area contributed by atoms with E-state index in [0.717, 1.165) is 0 Å². The first kappa shape index (κ1) is 37.4. The molecule has 3 nitrogen and oxygen atoms in total. The van der Waals surface area contributed by atoms with Crippen LogP contribution in [0.5, 0.6) is 0 Å². The van der Waals surface area contributed by atoms with Crippen molar-refractivity contribution in [3.05, 3.63) is 187 Å². The third-order valence-electron chi connectivity index (χ3n) is 15.5. The lowest BCUT2D eigenvalue weighted by atomic mass is 9.84. The summed E-state index contributed by atoms with van der Waals surface area (Å²) in [7, 11) is 0. The second-order valence-electron chi connectivity index (χ2n) is 21.4. The molecule has 0 N–H and O–H groups in total. The first-order valence-corrected chi connectivity index (χ1v) is 23.8. The standard InChI is InChI=1S/C64H47N3/c1-63(2,3)39-30-46(38-25-27-55-47(28-38)44-22-14-15-23-54(44)65(55)41-18-8-7-9-19-41)60-52(33-39)49-29-37-17-11-12-20-42(37)58-53-35-56-48(34-57(53)67(60)62(49)58)51-32-40(64(4,5)6)31-50-45-26-24-36-16-10-13-21-43(36)59(45)66(56)61(50)51/h7-35H,1-6H3. The van der Waals surface area contributed by atoms with E-state index in [2.05, 4.69) is 231 Å². The molecule has 67 heavy (non-hydrogen) atoms. The molecule has 15 rings (SSSR count). The Morgan fingerprint density at radius 2 is 0.866 bits per heavy atom. The molecular weight excluding hydrogens is 811 g/mol. The first-order chi connectivity index (χ1) is 32.5. The van der Waals surface area contributed by atoms with Crippen molar-refractivity contribution in [2.75, 3.05) is 0 Å². The molecule has 10 aromatic carbocycles. The highest BCUT2D eigenvalue weighted by Crippen LogP contribution is 2.50. The van der Waals surface area contributed by atoms with Gasteiger partial charge >= 0.3 is 0 Å². The molecule has 318 valence electrons. The lowest BCUT2D eigenvalue weighted by Gasteiger charge is -2.21. The first-order valence-electron chi connectivity index (χ1n) is 23.8. The molecule has 0 spiro atoms. The highest BCUT2D eigenvalue weighted by Gasteiger charge is 2.29. The Bertz CT molecular complexity index is 4620. The van der Waals surface area contributed by atoms with Gasteiger partial charge < -0.3 is 13.4 Å². The van der Waals surface area contributed by atoms with Gasteiger partial charge in [-0.2, -0.15) is 0 Å². The Labute approximate surface area is 387 Å². The summed E-state index contributed by atoms with van der Waals surface area (Å²) in [6.07, 6.45) is 0. The fourth-order valence-corrected chi connectivity index (χ4v) is 12.3. The second kappa shape index (κ2) is 12.5. The summed E-state index contributed by atoms with van der Waals surface area (Å²) >= 11 is 0. The van der Waals surface area contributed by atoms with Crippen LogP contribution in [0.1, 0.15) is 52.7 Å². The number of hydrogen-bond acceptors (Lipinski definition) is 0. The molecule has 0 saturated heterocycles. The summed E-state index contributed by atoms with van der Waals surface area (Å²) in [6.45, 7) is 14.1. The number of para-hydroxylation sites is 2. The van der Waals surface area contributed by atoms with Crippen LogP contribution in [0, 0.1) is 0 Å². The number of nitrogens with zero attached hydrogens (tertiary/aromatic N) is 3. The van der Waals surface area contributed by atoms with E-state index in [9.17, 15) is 0 Å². The maximum absolute atomic E-state index is 2.66. The van der Waals surface area contributed by atoms with Gasteiger partial charge in [-0.1, -0.05) is 145 Å². The van der Waals surface area contributed by atoms with Crippen molar-refractivity contribution in [3.8, 4) is 16.8 Å². The van der Waals surface area contributed by atoms with Gasteiger partial charge in [-0.3, -0.25) is 0 Å². The van der Waals surface area contributed by atoms with Crippen LogP contribution in [-0.2, 0) is 10.8 Å². The number of hydrogen-bond donors (Lipinski definition) is 0. The third-order valence-corrected chi connectivity index (χ3v) is 15.5. The molecule has 5 heterocycles. The van der Waals surface area contributed by atoms with Crippen molar-refractivity contribution in [2.45, 2.75) is 52.4 Å². The van der Waals surface area contributed by atoms with Crippen molar-refractivity contribution in [3.63, 3.8) is 0 Å². The van der Waals surface area contributed by atoms with E-state index >= 15 is 0 Å². The van der Waals surface area contributed by atoms with Crippen LogP contribution >= 0.6 is 0 Å². The number of benzene rings is 10. The van der Waals surface area contributed by atoms with Gasteiger partial charge in [0.15, 0.2) is 0 Å². The Balaban J connectivity index is 1.14. The molecule has 0 radical (unpaired) electrons. The molecule has 0 fully saturated rings. The van der Waals surface area contributed by atoms with Crippen LogP contribution in [0.4, 0.5) is 0 Å². The molecule has 0 aliphatic rings. The van der Waals surface area contributed by atoms with Crippen LogP contribution < -0.4 is 0 Å². The van der Waals surface area contributed by atoms with Gasteiger partial charge in [0.25, 0.3) is 0 Å². The average molecular weight is 858 g/mol. The second-order valence-corrected chi connectivity index (χ2v) is 21.4. The molecule has 0 aliphatic carbocycles. The van der Waals surface area contributed by atoms with Gasteiger partial charge in [0.2, 0.25) is 0 Å². The minimum Gasteiger partial charge on any atom is -0.309 e. The minimum absolute atomic E-state index is 0.0262. The molecule has 15 aromatic rings. The summed E-state index contributed by atoms with van der Waals surface area (Å²) < 4.78 is 7.69. The van der Waals surface area contributed by atoms with E-state index in [0.29, 0.717) is 0 Å². The summed E-state index contributed by atoms with van der Waals surface area (Å²) in [6, 6.07) is 67.1. The number of fused-ring (bicyclic) bond motifs is 19. The Morgan fingerprint density at radius 1 is 0.313 bits per heavy atom. The van der Waals surface area contributed by atoms with E-state index < -0.39 is 0 Å². The predicted molar refractivity (Wildman–Crippen MR) is 288 cm³/mol. The van der Waals surface area contributed by atoms with Crippen molar-refractivity contribution < 1.29 is 0 Å². The number of aromatic nitrogens is 3.